The molecule has 0 aliphatic carbocycles. The average Bonchev–Trinajstić information content (AvgIpc) is 2.38. The summed E-state index contributed by atoms with van der Waals surface area (Å²) >= 11 is 0. The fourth-order valence-electron chi connectivity index (χ4n) is 1.41. The molecule has 0 fully saturated rings. The predicted octanol–water partition coefficient (Wildman–Crippen LogP) is 3.74. The summed E-state index contributed by atoms with van der Waals surface area (Å²) in [5, 5.41) is 0. The van der Waals surface area contributed by atoms with Gasteiger partial charge in [-0.05, 0) is 44.9 Å². The molecular weight excluding hydrogens is 228 g/mol. The van der Waals surface area contributed by atoms with E-state index in [2.05, 4.69) is 0 Å². The molecule has 100 valence electrons. The highest BCUT2D eigenvalue weighted by Gasteiger charge is 2.28. The van der Waals surface area contributed by atoms with Crippen molar-refractivity contribution in [2.45, 2.75) is 40.2 Å². The molecule has 1 unspecified atom stereocenters. The van der Waals surface area contributed by atoms with Gasteiger partial charge >= 0.3 is 5.97 Å². The number of rotatable bonds is 5. The van der Waals surface area contributed by atoms with Gasteiger partial charge in [-0.25, -0.2) is 0 Å². The second-order valence-electron chi connectivity index (χ2n) is 5.06. The van der Waals surface area contributed by atoms with Crippen LogP contribution in [-0.4, -0.2) is 13.1 Å². The van der Waals surface area contributed by atoms with Gasteiger partial charge in [0.15, 0.2) is 0 Å². The number of hydrogen-bond acceptors (Lipinski definition) is 3. The lowest BCUT2D eigenvalue weighted by Crippen LogP contribution is -2.26. The number of ether oxygens (including phenoxy) is 2. The minimum absolute atomic E-state index is 0.159. The fraction of sp³-hybridized carbons (Fsp3) is 0.533. The van der Waals surface area contributed by atoms with E-state index in [1.165, 1.54) is 0 Å². The molecule has 0 spiro atoms. The second-order valence-corrected chi connectivity index (χ2v) is 5.06. The van der Waals surface area contributed by atoms with Gasteiger partial charge in [-0.3, -0.25) is 4.79 Å². The average molecular weight is 250 g/mol. The molecule has 3 nitrogen and oxygen atoms in total. The molecule has 18 heavy (non-hydrogen) atoms. The van der Waals surface area contributed by atoms with Crippen LogP contribution in [-0.2, 0) is 9.53 Å². The Hall–Kier alpha value is -1.51. The third kappa shape index (κ3) is 3.49. The van der Waals surface area contributed by atoms with Crippen LogP contribution in [0.25, 0.3) is 0 Å². The molecular formula is C15H22O3. The van der Waals surface area contributed by atoms with Crippen molar-refractivity contribution in [2.24, 2.45) is 5.41 Å². The number of carbonyl (C=O) groups excluding carboxylic acids is 1. The Morgan fingerprint density at radius 2 is 1.83 bits per heavy atom. The van der Waals surface area contributed by atoms with Gasteiger partial charge in [-0.15, -0.1) is 0 Å². The molecule has 0 saturated heterocycles. The number of benzene rings is 1. The molecule has 1 atom stereocenters. The summed E-state index contributed by atoms with van der Waals surface area (Å²) in [7, 11) is 1.63. The Labute approximate surface area is 109 Å². The first-order chi connectivity index (χ1) is 8.40. The molecule has 1 aromatic carbocycles. The quantitative estimate of drug-likeness (QED) is 0.747. The van der Waals surface area contributed by atoms with Crippen molar-refractivity contribution in [3.63, 3.8) is 0 Å². The first kappa shape index (κ1) is 14.6. The van der Waals surface area contributed by atoms with Crippen LogP contribution >= 0.6 is 0 Å². The van der Waals surface area contributed by atoms with E-state index in [-0.39, 0.29) is 12.1 Å². The van der Waals surface area contributed by atoms with Crippen molar-refractivity contribution in [1.29, 1.82) is 0 Å². The maximum atomic E-state index is 12.0. The fourth-order valence-corrected chi connectivity index (χ4v) is 1.41. The lowest BCUT2D eigenvalue weighted by atomic mass is 9.90. The molecule has 0 heterocycles. The molecule has 3 heteroatoms. The van der Waals surface area contributed by atoms with Crippen LogP contribution in [0.2, 0.25) is 0 Å². The van der Waals surface area contributed by atoms with Gasteiger partial charge in [0, 0.05) is 0 Å². The third-order valence-corrected chi connectivity index (χ3v) is 3.31. The van der Waals surface area contributed by atoms with E-state index >= 15 is 0 Å². The zero-order valence-electron chi connectivity index (χ0n) is 11.8. The molecule has 0 N–H and O–H groups in total. The molecule has 0 aliphatic heterocycles. The Kier molecular flexibility index (Phi) is 4.76. The monoisotopic (exact) mass is 250 g/mol. The van der Waals surface area contributed by atoms with Gasteiger partial charge in [0.2, 0.25) is 0 Å². The van der Waals surface area contributed by atoms with Crippen molar-refractivity contribution in [1.82, 2.24) is 0 Å². The first-order valence-corrected chi connectivity index (χ1v) is 6.25. The molecule has 0 aliphatic rings. The molecule has 0 saturated carbocycles. The smallest absolute Gasteiger partial charge is 0.312 e. The Balaban J connectivity index is 2.70. The predicted molar refractivity (Wildman–Crippen MR) is 71.6 cm³/mol. The summed E-state index contributed by atoms with van der Waals surface area (Å²) in [6, 6.07) is 7.56. The summed E-state index contributed by atoms with van der Waals surface area (Å²) < 4.78 is 10.6. The summed E-state index contributed by atoms with van der Waals surface area (Å²) in [6.45, 7) is 7.66. The first-order valence-electron chi connectivity index (χ1n) is 6.25. The number of methoxy groups -OCH3 is 1. The highest BCUT2D eigenvalue weighted by atomic mass is 16.5. The minimum atomic E-state index is -0.430. The molecule has 0 radical (unpaired) electrons. The topological polar surface area (TPSA) is 35.5 Å². The number of esters is 1. The Bertz CT molecular complexity index is 393. The standard InChI is InChI=1S/C15H22O3/c1-6-15(3,4)14(16)18-11(2)12-7-9-13(17-5)10-8-12/h7-11H,6H2,1-5H3. The summed E-state index contributed by atoms with van der Waals surface area (Å²) in [4.78, 5) is 12.0. The van der Waals surface area contributed by atoms with E-state index in [1.807, 2.05) is 52.0 Å². The maximum Gasteiger partial charge on any atom is 0.312 e. The van der Waals surface area contributed by atoms with Crippen LogP contribution in [0.15, 0.2) is 24.3 Å². The van der Waals surface area contributed by atoms with Crippen molar-refractivity contribution >= 4 is 5.97 Å². The van der Waals surface area contributed by atoms with Crippen LogP contribution in [0.5, 0.6) is 5.75 Å². The Morgan fingerprint density at radius 3 is 2.28 bits per heavy atom. The van der Waals surface area contributed by atoms with Crippen LogP contribution in [0.4, 0.5) is 0 Å². The van der Waals surface area contributed by atoms with Crippen molar-refractivity contribution < 1.29 is 14.3 Å². The van der Waals surface area contributed by atoms with Gasteiger partial charge < -0.3 is 9.47 Å². The molecule has 0 bridgehead atoms. The maximum absolute atomic E-state index is 12.0. The lowest BCUT2D eigenvalue weighted by Gasteiger charge is -2.23. The van der Waals surface area contributed by atoms with Crippen molar-refractivity contribution in [3.8, 4) is 5.75 Å². The highest BCUT2D eigenvalue weighted by Crippen LogP contribution is 2.27. The summed E-state index contributed by atoms with van der Waals surface area (Å²) in [5.41, 5.74) is 0.539. The van der Waals surface area contributed by atoms with Gasteiger partial charge in [0.25, 0.3) is 0 Å². The van der Waals surface area contributed by atoms with Crippen LogP contribution in [0.3, 0.4) is 0 Å². The van der Waals surface area contributed by atoms with Crippen LogP contribution < -0.4 is 4.74 Å². The van der Waals surface area contributed by atoms with Crippen molar-refractivity contribution in [2.75, 3.05) is 7.11 Å². The zero-order valence-corrected chi connectivity index (χ0v) is 11.8. The number of carbonyl (C=O) groups is 1. The van der Waals surface area contributed by atoms with E-state index in [0.717, 1.165) is 17.7 Å². The van der Waals surface area contributed by atoms with Gasteiger partial charge in [0.1, 0.15) is 11.9 Å². The van der Waals surface area contributed by atoms with E-state index in [1.54, 1.807) is 7.11 Å². The Morgan fingerprint density at radius 1 is 1.28 bits per heavy atom. The van der Waals surface area contributed by atoms with Gasteiger partial charge in [-0.2, -0.15) is 0 Å². The third-order valence-electron chi connectivity index (χ3n) is 3.31. The van der Waals surface area contributed by atoms with Gasteiger partial charge in [0.05, 0.1) is 12.5 Å². The largest absolute Gasteiger partial charge is 0.497 e. The minimum Gasteiger partial charge on any atom is -0.497 e. The molecule has 1 aromatic rings. The van der Waals surface area contributed by atoms with E-state index in [9.17, 15) is 4.79 Å². The zero-order chi connectivity index (χ0) is 13.8. The molecule has 0 amide bonds. The number of hydrogen-bond donors (Lipinski definition) is 0. The van der Waals surface area contributed by atoms with Crippen LogP contribution in [0, 0.1) is 5.41 Å². The highest BCUT2D eigenvalue weighted by molar-refractivity contribution is 5.76. The second kappa shape index (κ2) is 5.89. The van der Waals surface area contributed by atoms with Crippen molar-refractivity contribution in [3.05, 3.63) is 29.8 Å². The normalized spacial score (nSPS) is 12.9. The lowest BCUT2D eigenvalue weighted by molar-refractivity contribution is -0.159. The van der Waals surface area contributed by atoms with Crippen LogP contribution in [0.1, 0.15) is 45.8 Å². The van der Waals surface area contributed by atoms with E-state index < -0.39 is 5.41 Å². The molecule has 0 aromatic heterocycles. The van der Waals surface area contributed by atoms with E-state index in [0.29, 0.717) is 0 Å². The summed E-state index contributed by atoms with van der Waals surface area (Å²) in [5.74, 6) is 0.638. The van der Waals surface area contributed by atoms with E-state index in [4.69, 9.17) is 9.47 Å². The van der Waals surface area contributed by atoms with Gasteiger partial charge in [-0.1, -0.05) is 19.1 Å². The SMILES string of the molecule is CCC(C)(C)C(=O)OC(C)c1ccc(OC)cc1. The summed E-state index contributed by atoms with van der Waals surface area (Å²) in [6.07, 6.45) is 0.524. The molecule has 1 rings (SSSR count).